The molecule has 1 aromatic rings. The number of piperidine rings is 1. The van der Waals surface area contributed by atoms with Gasteiger partial charge in [0.25, 0.3) is 0 Å². The van der Waals surface area contributed by atoms with E-state index in [9.17, 15) is 9.59 Å². The van der Waals surface area contributed by atoms with E-state index >= 15 is 0 Å². The van der Waals surface area contributed by atoms with Gasteiger partial charge in [0.15, 0.2) is 0 Å². The summed E-state index contributed by atoms with van der Waals surface area (Å²) >= 11 is 0. The van der Waals surface area contributed by atoms with Crippen LogP contribution >= 0.6 is 0 Å². The van der Waals surface area contributed by atoms with E-state index in [4.69, 9.17) is 0 Å². The van der Waals surface area contributed by atoms with E-state index in [0.29, 0.717) is 38.9 Å². The third-order valence-electron chi connectivity index (χ3n) is 5.68. The van der Waals surface area contributed by atoms with Crippen molar-refractivity contribution < 1.29 is 9.59 Å². The van der Waals surface area contributed by atoms with Gasteiger partial charge in [-0.3, -0.25) is 19.5 Å². The van der Waals surface area contributed by atoms with Crippen LogP contribution in [0.15, 0.2) is 18.3 Å². The number of aromatic nitrogens is 1. The average molecular weight is 344 g/mol. The maximum absolute atomic E-state index is 13.5. The zero-order chi connectivity index (χ0) is 18.0. The fourth-order valence-corrected chi connectivity index (χ4v) is 4.13. The lowest BCUT2D eigenvalue weighted by Crippen LogP contribution is -2.69. The Labute approximate surface area is 149 Å². The van der Waals surface area contributed by atoms with E-state index in [-0.39, 0.29) is 11.8 Å². The maximum atomic E-state index is 13.5. The summed E-state index contributed by atoms with van der Waals surface area (Å²) in [5.74, 6) is 0.343. The number of hydrogen-bond donors (Lipinski definition) is 0. The van der Waals surface area contributed by atoms with Crippen molar-refractivity contribution in [3.63, 3.8) is 0 Å². The van der Waals surface area contributed by atoms with Crippen LogP contribution in [-0.2, 0) is 9.59 Å². The van der Waals surface area contributed by atoms with Crippen molar-refractivity contribution >= 4 is 17.5 Å². The molecule has 3 rings (SSSR count). The van der Waals surface area contributed by atoms with Crippen molar-refractivity contribution in [1.29, 1.82) is 0 Å². The van der Waals surface area contributed by atoms with Crippen LogP contribution in [0.2, 0.25) is 0 Å². The summed E-state index contributed by atoms with van der Waals surface area (Å²) in [4.78, 5) is 35.9. The Kier molecular flexibility index (Phi) is 5.08. The van der Waals surface area contributed by atoms with Crippen LogP contribution in [0.1, 0.15) is 38.8 Å². The molecule has 6 nitrogen and oxygen atoms in total. The third kappa shape index (κ3) is 3.15. The Morgan fingerprint density at radius 2 is 1.88 bits per heavy atom. The molecule has 0 unspecified atom stereocenters. The van der Waals surface area contributed by atoms with Crippen molar-refractivity contribution in [3.05, 3.63) is 24.0 Å². The van der Waals surface area contributed by atoms with Gasteiger partial charge in [0.2, 0.25) is 11.8 Å². The standard InChI is InChI=1S/C19H28N4O2/c1-4-17(24)21-10-8-19(9-11-21)18(25)23(13-12-22(19)5-2)16-7-6-15(3)20-14-16/h6-7,14H,4-5,8-13H2,1-3H3. The zero-order valence-corrected chi connectivity index (χ0v) is 15.5. The van der Waals surface area contributed by atoms with Crippen LogP contribution in [0.25, 0.3) is 0 Å². The maximum Gasteiger partial charge on any atom is 0.247 e. The summed E-state index contributed by atoms with van der Waals surface area (Å²) in [6.45, 7) is 9.68. The molecule has 0 aliphatic carbocycles. The van der Waals surface area contributed by atoms with Crippen LogP contribution in [0, 0.1) is 6.92 Å². The summed E-state index contributed by atoms with van der Waals surface area (Å²) in [7, 11) is 0. The Morgan fingerprint density at radius 1 is 1.16 bits per heavy atom. The Morgan fingerprint density at radius 3 is 2.44 bits per heavy atom. The SMILES string of the molecule is CCC(=O)N1CCC2(CC1)C(=O)N(c1ccc(C)nc1)CCN2CC. The monoisotopic (exact) mass is 344 g/mol. The summed E-state index contributed by atoms with van der Waals surface area (Å²) < 4.78 is 0. The molecular formula is C19H28N4O2. The highest BCUT2D eigenvalue weighted by molar-refractivity contribution is 6.01. The fourth-order valence-electron chi connectivity index (χ4n) is 4.13. The predicted molar refractivity (Wildman–Crippen MR) is 97.4 cm³/mol. The lowest BCUT2D eigenvalue weighted by Gasteiger charge is -2.52. The molecule has 25 heavy (non-hydrogen) atoms. The van der Waals surface area contributed by atoms with Crippen LogP contribution in [0.4, 0.5) is 5.69 Å². The Bertz CT molecular complexity index is 635. The van der Waals surface area contributed by atoms with Gasteiger partial charge in [-0.2, -0.15) is 0 Å². The first-order valence-corrected chi connectivity index (χ1v) is 9.29. The molecule has 6 heteroatoms. The number of pyridine rings is 1. The van der Waals surface area contributed by atoms with Gasteiger partial charge in [-0.25, -0.2) is 0 Å². The van der Waals surface area contributed by atoms with E-state index in [1.54, 1.807) is 6.20 Å². The highest BCUT2D eigenvalue weighted by Crippen LogP contribution is 2.35. The van der Waals surface area contributed by atoms with Gasteiger partial charge < -0.3 is 9.80 Å². The zero-order valence-electron chi connectivity index (χ0n) is 15.5. The number of piperazine rings is 1. The number of hydrogen-bond acceptors (Lipinski definition) is 4. The van der Waals surface area contributed by atoms with Gasteiger partial charge in [-0.15, -0.1) is 0 Å². The molecule has 2 amide bonds. The third-order valence-corrected chi connectivity index (χ3v) is 5.68. The first-order chi connectivity index (χ1) is 12.0. The summed E-state index contributed by atoms with van der Waals surface area (Å²) in [6, 6.07) is 3.93. The van der Waals surface area contributed by atoms with Gasteiger partial charge in [0.1, 0.15) is 5.54 Å². The van der Waals surface area contributed by atoms with Crippen molar-refractivity contribution in [2.75, 3.05) is 37.6 Å². The highest BCUT2D eigenvalue weighted by atomic mass is 16.2. The average Bonchev–Trinajstić information content (AvgIpc) is 2.65. The first-order valence-electron chi connectivity index (χ1n) is 9.29. The van der Waals surface area contributed by atoms with Gasteiger partial charge in [-0.1, -0.05) is 13.8 Å². The topological polar surface area (TPSA) is 56.8 Å². The van der Waals surface area contributed by atoms with Crippen LogP contribution in [-0.4, -0.2) is 64.9 Å². The summed E-state index contributed by atoms with van der Waals surface area (Å²) in [6.07, 6.45) is 3.74. The predicted octanol–water partition coefficient (Wildman–Crippen LogP) is 1.83. The van der Waals surface area contributed by atoms with Gasteiger partial charge in [0, 0.05) is 38.3 Å². The normalized spacial score (nSPS) is 21.0. The van der Waals surface area contributed by atoms with E-state index in [2.05, 4.69) is 16.8 Å². The van der Waals surface area contributed by atoms with Crippen LogP contribution < -0.4 is 4.90 Å². The van der Waals surface area contributed by atoms with Gasteiger partial charge >= 0.3 is 0 Å². The van der Waals surface area contributed by atoms with Crippen molar-refractivity contribution in [1.82, 2.24) is 14.8 Å². The van der Waals surface area contributed by atoms with Crippen molar-refractivity contribution in [2.45, 2.75) is 45.6 Å². The minimum Gasteiger partial charge on any atom is -0.343 e. The summed E-state index contributed by atoms with van der Waals surface area (Å²) in [5, 5.41) is 0. The second kappa shape index (κ2) is 7.12. The number of nitrogens with zero attached hydrogens (tertiary/aromatic N) is 4. The molecule has 0 saturated carbocycles. The van der Waals surface area contributed by atoms with Crippen LogP contribution in [0.3, 0.4) is 0 Å². The number of likely N-dealkylation sites (tertiary alicyclic amines) is 1. The molecule has 3 heterocycles. The van der Waals surface area contributed by atoms with Gasteiger partial charge in [-0.05, 0) is 38.4 Å². The van der Waals surface area contributed by atoms with E-state index in [0.717, 1.165) is 24.5 Å². The number of aryl methyl sites for hydroxylation is 1. The summed E-state index contributed by atoms with van der Waals surface area (Å²) in [5.41, 5.74) is 1.34. The number of carbonyl (C=O) groups is 2. The smallest absolute Gasteiger partial charge is 0.247 e. The largest absolute Gasteiger partial charge is 0.343 e. The lowest BCUT2D eigenvalue weighted by atomic mass is 9.82. The molecule has 0 aromatic carbocycles. The highest BCUT2D eigenvalue weighted by Gasteiger charge is 2.50. The molecule has 0 N–H and O–H groups in total. The Hall–Kier alpha value is -1.95. The molecule has 2 fully saturated rings. The van der Waals surface area contributed by atoms with E-state index < -0.39 is 5.54 Å². The lowest BCUT2D eigenvalue weighted by molar-refractivity contribution is -0.143. The minimum atomic E-state index is -0.484. The number of carbonyl (C=O) groups excluding carboxylic acids is 2. The molecule has 0 radical (unpaired) electrons. The molecule has 1 spiro atoms. The molecule has 136 valence electrons. The molecule has 2 aliphatic rings. The quantitative estimate of drug-likeness (QED) is 0.839. The number of amides is 2. The Balaban J connectivity index is 1.84. The number of likely N-dealkylation sites (N-methyl/N-ethyl adjacent to an activating group) is 1. The molecular weight excluding hydrogens is 316 g/mol. The molecule has 2 saturated heterocycles. The molecule has 2 aliphatic heterocycles. The fraction of sp³-hybridized carbons (Fsp3) is 0.632. The second-order valence-electron chi connectivity index (χ2n) is 6.96. The molecule has 0 bridgehead atoms. The van der Waals surface area contributed by atoms with Crippen LogP contribution in [0.5, 0.6) is 0 Å². The molecule has 0 atom stereocenters. The van der Waals surface area contributed by atoms with E-state index in [1.165, 1.54) is 0 Å². The van der Waals surface area contributed by atoms with E-state index in [1.807, 2.05) is 35.8 Å². The first kappa shape index (κ1) is 17.9. The van der Waals surface area contributed by atoms with Crippen molar-refractivity contribution in [2.24, 2.45) is 0 Å². The van der Waals surface area contributed by atoms with Gasteiger partial charge in [0.05, 0.1) is 11.9 Å². The number of rotatable bonds is 3. The minimum absolute atomic E-state index is 0.162. The second-order valence-corrected chi connectivity index (χ2v) is 6.96. The number of anilines is 1. The van der Waals surface area contributed by atoms with Crippen molar-refractivity contribution in [3.8, 4) is 0 Å². The molecule has 1 aromatic heterocycles.